The summed E-state index contributed by atoms with van der Waals surface area (Å²) in [6.07, 6.45) is 7.29. The average Bonchev–Trinajstić information content (AvgIpc) is 3.34. The molecule has 5 heterocycles. The zero-order valence-electron chi connectivity index (χ0n) is 31.7. The highest BCUT2D eigenvalue weighted by Crippen LogP contribution is 2.21. The summed E-state index contributed by atoms with van der Waals surface area (Å²) in [5, 5.41) is 10.5. The molecule has 0 aromatic rings. The van der Waals surface area contributed by atoms with Gasteiger partial charge in [0.25, 0.3) is 0 Å². The standard InChI is InChI=1S/C21H42N6.C16H35N5/c1-21-3-2-9-24(10-4-21)11-5-22-8-14-26-16-19-27(20-17-26)18-15-25-12-6-23-7-13-25;1-16(2,4-9-20-10-6-18-7-11-20)21-14-12-19(13-15-21)8-3-5-17/h3,22-23H,2,4-20H2,1H3;18H,3-15,17H2,1-2H3. The summed E-state index contributed by atoms with van der Waals surface area (Å²) in [7, 11) is 0. The summed E-state index contributed by atoms with van der Waals surface area (Å²) in [5.74, 6) is 0. The topological polar surface area (TPSA) is 84.8 Å². The first-order chi connectivity index (χ1) is 23.4. The van der Waals surface area contributed by atoms with E-state index >= 15 is 0 Å². The van der Waals surface area contributed by atoms with E-state index in [1.165, 1.54) is 150 Å². The number of piperazine rings is 4. The molecular weight excluding hydrogens is 598 g/mol. The number of nitrogens with zero attached hydrogens (tertiary/aromatic N) is 7. The second-order valence-corrected chi connectivity index (χ2v) is 15.6. The molecule has 0 radical (unpaired) electrons. The predicted molar refractivity (Wildman–Crippen MR) is 204 cm³/mol. The molecule has 4 saturated heterocycles. The first-order valence-electron chi connectivity index (χ1n) is 20.0. The van der Waals surface area contributed by atoms with Gasteiger partial charge in [-0.2, -0.15) is 0 Å². The van der Waals surface area contributed by atoms with Crippen LogP contribution in [0.5, 0.6) is 0 Å². The van der Waals surface area contributed by atoms with Crippen molar-refractivity contribution in [3.8, 4) is 0 Å². The zero-order valence-corrected chi connectivity index (χ0v) is 31.7. The second kappa shape index (κ2) is 23.0. The quantitative estimate of drug-likeness (QED) is 0.134. The lowest BCUT2D eigenvalue weighted by Crippen LogP contribution is -2.56. The van der Waals surface area contributed by atoms with Crippen molar-refractivity contribution in [1.29, 1.82) is 0 Å². The van der Waals surface area contributed by atoms with Crippen LogP contribution in [0.3, 0.4) is 0 Å². The molecule has 11 nitrogen and oxygen atoms in total. The van der Waals surface area contributed by atoms with E-state index < -0.39 is 0 Å². The third kappa shape index (κ3) is 15.7. The minimum atomic E-state index is 0.324. The first kappa shape index (κ1) is 40.1. The van der Waals surface area contributed by atoms with Gasteiger partial charge in [0, 0.05) is 163 Å². The Morgan fingerprint density at radius 1 is 0.604 bits per heavy atom. The molecule has 48 heavy (non-hydrogen) atoms. The maximum atomic E-state index is 5.61. The van der Waals surface area contributed by atoms with E-state index in [1.807, 2.05) is 0 Å². The van der Waals surface area contributed by atoms with E-state index in [9.17, 15) is 0 Å². The molecular formula is C37H77N11. The maximum Gasteiger partial charge on any atom is 0.0166 e. The number of nitrogens with one attached hydrogen (secondary N) is 3. The van der Waals surface area contributed by atoms with Crippen LogP contribution in [-0.2, 0) is 0 Å². The molecule has 4 fully saturated rings. The summed E-state index contributed by atoms with van der Waals surface area (Å²) in [5.41, 5.74) is 7.50. The molecule has 11 heteroatoms. The number of hydrogen-bond acceptors (Lipinski definition) is 11. The Labute approximate surface area is 295 Å². The molecule has 0 amide bonds. The highest BCUT2D eigenvalue weighted by atomic mass is 15.3. The first-order valence-corrected chi connectivity index (χ1v) is 20.0. The molecule has 5 rings (SSSR count). The molecule has 0 bridgehead atoms. The van der Waals surface area contributed by atoms with Crippen LogP contribution in [0.25, 0.3) is 0 Å². The van der Waals surface area contributed by atoms with E-state index in [0.717, 1.165) is 52.2 Å². The Hall–Kier alpha value is -0.700. The summed E-state index contributed by atoms with van der Waals surface area (Å²) in [4.78, 5) is 18.4. The van der Waals surface area contributed by atoms with Crippen LogP contribution in [0, 0.1) is 0 Å². The fourth-order valence-electron chi connectivity index (χ4n) is 7.74. The molecule has 0 spiro atoms. The van der Waals surface area contributed by atoms with Crippen molar-refractivity contribution >= 4 is 0 Å². The summed E-state index contributed by atoms with van der Waals surface area (Å²) < 4.78 is 0. The molecule has 0 unspecified atom stereocenters. The number of rotatable bonds is 16. The smallest absolute Gasteiger partial charge is 0.0166 e. The van der Waals surface area contributed by atoms with Crippen LogP contribution >= 0.6 is 0 Å². The van der Waals surface area contributed by atoms with Crippen LogP contribution < -0.4 is 21.7 Å². The van der Waals surface area contributed by atoms with Gasteiger partial charge < -0.3 is 36.4 Å². The van der Waals surface area contributed by atoms with Gasteiger partial charge in [0.2, 0.25) is 0 Å². The van der Waals surface area contributed by atoms with Gasteiger partial charge in [0.1, 0.15) is 0 Å². The molecule has 5 aliphatic rings. The molecule has 5 N–H and O–H groups in total. The maximum absolute atomic E-state index is 5.61. The summed E-state index contributed by atoms with van der Waals surface area (Å²) in [6, 6.07) is 0. The van der Waals surface area contributed by atoms with Gasteiger partial charge in [0.15, 0.2) is 0 Å². The lowest BCUT2D eigenvalue weighted by molar-refractivity contribution is 0.0398. The zero-order chi connectivity index (χ0) is 33.9. The van der Waals surface area contributed by atoms with Gasteiger partial charge in [-0.05, 0) is 66.1 Å². The second-order valence-electron chi connectivity index (χ2n) is 15.6. The largest absolute Gasteiger partial charge is 0.330 e. The van der Waals surface area contributed by atoms with Crippen LogP contribution in [0.2, 0.25) is 0 Å². The Bertz CT molecular complexity index is 842. The number of nitrogens with two attached hydrogens (primary N) is 1. The van der Waals surface area contributed by atoms with Gasteiger partial charge in [-0.1, -0.05) is 11.6 Å². The fourth-order valence-corrected chi connectivity index (χ4v) is 7.74. The van der Waals surface area contributed by atoms with Gasteiger partial charge in [0.05, 0.1) is 0 Å². The Morgan fingerprint density at radius 2 is 1.08 bits per heavy atom. The van der Waals surface area contributed by atoms with Crippen molar-refractivity contribution in [2.45, 2.75) is 52.0 Å². The van der Waals surface area contributed by atoms with E-state index in [-0.39, 0.29) is 0 Å². The minimum absolute atomic E-state index is 0.324. The SMILES string of the molecule is CC(C)(CCN1CCNCC1)N1CCN(CCCN)CC1.CC1=CCCN(CCNCCN2CCN(CCN3CCNCC3)CC2)CC1. The number of hydrogen-bond donors (Lipinski definition) is 4. The highest BCUT2D eigenvalue weighted by Gasteiger charge is 2.30. The molecule has 5 aliphatic heterocycles. The highest BCUT2D eigenvalue weighted by molar-refractivity contribution is 5.00. The molecule has 280 valence electrons. The minimum Gasteiger partial charge on any atom is -0.330 e. The summed E-state index contributed by atoms with van der Waals surface area (Å²) in [6.45, 7) is 39.2. The molecule has 0 saturated carbocycles. The lowest BCUT2D eigenvalue weighted by Gasteiger charge is -2.45. The van der Waals surface area contributed by atoms with Crippen molar-refractivity contribution < 1.29 is 0 Å². The van der Waals surface area contributed by atoms with Crippen molar-refractivity contribution in [3.63, 3.8) is 0 Å². The third-order valence-electron chi connectivity index (χ3n) is 11.5. The van der Waals surface area contributed by atoms with Crippen LogP contribution in [-0.4, -0.2) is 217 Å². The van der Waals surface area contributed by atoms with Crippen molar-refractivity contribution in [3.05, 3.63) is 11.6 Å². The molecule has 0 aromatic heterocycles. The van der Waals surface area contributed by atoms with E-state index in [0.29, 0.717) is 5.54 Å². The lowest BCUT2D eigenvalue weighted by atomic mass is 9.96. The Morgan fingerprint density at radius 3 is 1.67 bits per heavy atom. The molecule has 0 atom stereocenters. The van der Waals surface area contributed by atoms with E-state index in [4.69, 9.17) is 5.73 Å². The fraction of sp³-hybridized carbons (Fsp3) is 0.946. The van der Waals surface area contributed by atoms with Crippen LogP contribution in [0.1, 0.15) is 46.5 Å². The van der Waals surface area contributed by atoms with Gasteiger partial charge in [-0.15, -0.1) is 0 Å². The third-order valence-corrected chi connectivity index (χ3v) is 11.5. The van der Waals surface area contributed by atoms with Crippen molar-refractivity contribution in [1.82, 2.24) is 50.2 Å². The Balaban J connectivity index is 0.000000224. The van der Waals surface area contributed by atoms with E-state index in [2.05, 4.69) is 77.1 Å². The van der Waals surface area contributed by atoms with Crippen molar-refractivity contribution in [2.24, 2.45) is 5.73 Å². The predicted octanol–water partition coefficient (Wildman–Crippen LogP) is 0.168. The van der Waals surface area contributed by atoms with E-state index in [1.54, 1.807) is 5.57 Å². The van der Waals surface area contributed by atoms with Crippen LogP contribution in [0.15, 0.2) is 11.6 Å². The monoisotopic (exact) mass is 676 g/mol. The van der Waals surface area contributed by atoms with Crippen LogP contribution in [0.4, 0.5) is 0 Å². The Kier molecular flexibility index (Phi) is 19.2. The normalized spacial score (nSPS) is 24.2. The summed E-state index contributed by atoms with van der Waals surface area (Å²) >= 11 is 0. The van der Waals surface area contributed by atoms with Gasteiger partial charge in [-0.25, -0.2) is 0 Å². The van der Waals surface area contributed by atoms with Gasteiger partial charge >= 0.3 is 0 Å². The van der Waals surface area contributed by atoms with Crippen molar-refractivity contribution in [2.75, 3.05) is 177 Å². The molecule has 0 aliphatic carbocycles. The van der Waals surface area contributed by atoms with Gasteiger partial charge in [-0.3, -0.25) is 19.6 Å². The molecule has 0 aromatic carbocycles. The average molecular weight is 676 g/mol.